The third-order valence-corrected chi connectivity index (χ3v) is 4.65. The molecule has 1 saturated heterocycles. The van der Waals surface area contributed by atoms with Crippen LogP contribution in [0.3, 0.4) is 0 Å². The van der Waals surface area contributed by atoms with Crippen LogP contribution in [0.4, 0.5) is 4.39 Å². The summed E-state index contributed by atoms with van der Waals surface area (Å²) in [7, 11) is 0. The first-order chi connectivity index (χ1) is 9.41. The fourth-order valence-corrected chi connectivity index (χ4v) is 2.83. The molecule has 20 heavy (non-hydrogen) atoms. The number of rotatable bonds is 2. The molecule has 2 rings (SSSR count). The Hall–Kier alpha value is -1.43. The fraction of sp³-hybridized carbons (Fsp3) is 0.429. The van der Waals surface area contributed by atoms with Crippen molar-refractivity contribution in [1.82, 2.24) is 4.90 Å². The van der Waals surface area contributed by atoms with Gasteiger partial charge in [-0.1, -0.05) is 6.07 Å². The van der Waals surface area contributed by atoms with E-state index in [4.69, 9.17) is 5.11 Å². The Morgan fingerprint density at radius 2 is 1.95 bits per heavy atom. The summed E-state index contributed by atoms with van der Waals surface area (Å²) in [6.07, 6.45) is 0.818. The van der Waals surface area contributed by atoms with Crippen LogP contribution >= 0.6 is 15.9 Å². The van der Waals surface area contributed by atoms with Crippen LogP contribution in [0.1, 0.15) is 28.8 Å². The maximum atomic E-state index is 13.9. The van der Waals surface area contributed by atoms with Crippen LogP contribution in [-0.2, 0) is 4.79 Å². The number of hydrogen-bond donors (Lipinski definition) is 1. The summed E-state index contributed by atoms with van der Waals surface area (Å²) in [5, 5.41) is 8.93. The van der Waals surface area contributed by atoms with Crippen molar-refractivity contribution in [2.75, 3.05) is 13.1 Å². The van der Waals surface area contributed by atoms with E-state index in [2.05, 4.69) is 15.9 Å². The zero-order chi connectivity index (χ0) is 14.9. The molecule has 0 radical (unpaired) electrons. The number of likely N-dealkylation sites (tertiary alicyclic amines) is 1. The molecule has 0 spiro atoms. The number of carboxylic acids is 1. The number of carbonyl (C=O) groups excluding carboxylic acids is 1. The molecular weight excluding hydrogens is 329 g/mol. The Balaban J connectivity index is 2.18. The molecule has 1 heterocycles. The molecule has 6 heteroatoms. The molecule has 1 aromatic rings. The first-order valence-corrected chi connectivity index (χ1v) is 7.17. The average molecular weight is 344 g/mol. The van der Waals surface area contributed by atoms with Gasteiger partial charge >= 0.3 is 5.97 Å². The second-order valence-corrected chi connectivity index (χ2v) is 5.75. The van der Waals surface area contributed by atoms with E-state index in [-0.39, 0.29) is 11.5 Å². The van der Waals surface area contributed by atoms with Crippen molar-refractivity contribution in [2.24, 2.45) is 5.92 Å². The Morgan fingerprint density at radius 3 is 2.50 bits per heavy atom. The number of nitrogens with zero attached hydrogens (tertiary/aromatic N) is 1. The highest BCUT2D eigenvalue weighted by Crippen LogP contribution is 2.27. The highest BCUT2D eigenvalue weighted by atomic mass is 79.9. The van der Waals surface area contributed by atoms with Gasteiger partial charge in [0.05, 0.1) is 11.5 Å². The lowest BCUT2D eigenvalue weighted by molar-refractivity contribution is -0.143. The third kappa shape index (κ3) is 2.85. The van der Waals surface area contributed by atoms with Crippen LogP contribution in [0, 0.1) is 18.7 Å². The van der Waals surface area contributed by atoms with Gasteiger partial charge in [0.25, 0.3) is 5.91 Å². The van der Waals surface area contributed by atoms with Crippen molar-refractivity contribution in [3.05, 3.63) is 33.5 Å². The van der Waals surface area contributed by atoms with Crippen LogP contribution in [0.25, 0.3) is 0 Å². The molecule has 108 valence electrons. The van der Waals surface area contributed by atoms with Crippen molar-refractivity contribution in [3.63, 3.8) is 0 Å². The Bertz CT molecular complexity index is 554. The van der Waals surface area contributed by atoms with Gasteiger partial charge in [-0.2, -0.15) is 0 Å². The third-order valence-electron chi connectivity index (χ3n) is 3.63. The molecule has 0 unspecified atom stereocenters. The predicted octanol–water partition coefficient (Wildman–Crippen LogP) is 2.83. The fourth-order valence-electron chi connectivity index (χ4n) is 2.34. The van der Waals surface area contributed by atoms with E-state index >= 15 is 0 Å². The zero-order valence-electron chi connectivity index (χ0n) is 11.0. The van der Waals surface area contributed by atoms with E-state index in [1.54, 1.807) is 13.0 Å². The SMILES string of the molecule is Cc1ccc(F)c(C(=O)N2CCC(C(=O)O)CC2)c1Br. The van der Waals surface area contributed by atoms with Crippen LogP contribution in [-0.4, -0.2) is 35.0 Å². The van der Waals surface area contributed by atoms with Crippen molar-refractivity contribution >= 4 is 27.8 Å². The van der Waals surface area contributed by atoms with Gasteiger partial charge in [0.1, 0.15) is 5.82 Å². The second kappa shape index (κ2) is 5.91. The van der Waals surface area contributed by atoms with E-state index in [9.17, 15) is 14.0 Å². The minimum Gasteiger partial charge on any atom is -0.481 e. The lowest BCUT2D eigenvalue weighted by atomic mass is 9.96. The summed E-state index contributed by atoms with van der Waals surface area (Å²) < 4.78 is 14.3. The van der Waals surface area contributed by atoms with Gasteiger partial charge in [-0.3, -0.25) is 9.59 Å². The van der Waals surface area contributed by atoms with Gasteiger partial charge < -0.3 is 10.0 Å². The van der Waals surface area contributed by atoms with Gasteiger partial charge in [0.15, 0.2) is 0 Å². The maximum absolute atomic E-state index is 13.9. The maximum Gasteiger partial charge on any atom is 0.306 e. The number of carboxylic acid groups (broad SMARTS) is 1. The average Bonchev–Trinajstić information content (AvgIpc) is 2.43. The van der Waals surface area contributed by atoms with E-state index in [1.807, 2.05) is 0 Å². The van der Waals surface area contributed by atoms with E-state index < -0.39 is 17.7 Å². The molecule has 4 nitrogen and oxygen atoms in total. The van der Waals surface area contributed by atoms with Gasteiger partial charge in [-0.05, 0) is 47.3 Å². The number of carbonyl (C=O) groups is 2. The lowest BCUT2D eigenvalue weighted by Gasteiger charge is -2.30. The van der Waals surface area contributed by atoms with Gasteiger partial charge in [0.2, 0.25) is 0 Å². The number of benzene rings is 1. The molecule has 1 fully saturated rings. The number of aryl methyl sites for hydroxylation is 1. The molecule has 0 aromatic heterocycles. The first kappa shape index (κ1) is 15.0. The van der Waals surface area contributed by atoms with Gasteiger partial charge in [-0.15, -0.1) is 0 Å². The van der Waals surface area contributed by atoms with Gasteiger partial charge in [0, 0.05) is 17.6 Å². The summed E-state index contributed by atoms with van der Waals surface area (Å²) in [5.74, 6) is -2.19. The molecular formula is C14H15BrFNO3. The van der Waals surface area contributed by atoms with E-state index in [1.165, 1.54) is 11.0 Å². The Kier molecular flexibility index (Phi) is 4.42. The molecule has 0 aliphatic carbocycles. The molecule has 1 aliphatic rings. The molecule has 0 bridgehead atoms. The van der Waals surface area contributed by atoms with Crippen molar-refractivity contribution < 1.29 is 19.1 Å². The summed E-state index contributed by atoms with van der Waals surface area (Å²) in [6, 6.07) is 2.88. The van der Waals surface area contributed by atoms with E-state index in [0.29, 0.717) is 30.4 Å². The standard InChI is InChI=1S/C14H15BrFNO3/c1-8-2-3-10(16)11(12(8)15)13(18)17-6-4-9(5-7-17)14(19)20/h2-3,9H,4-7H2,1H3,(H,19,20). The molecule has 1 aliphatic heterocycles. The predicted molar refractivity (Wildman–Crippen MR) is 75.1 cm³/mol. The normalized spacial score (nSPS) is 16.2. The number of piperidine rings is 1. The summed E-state index contributed by atoms with van der Waals surface area (Å²) in [6.45, 7) is 2.47. The summed E-state index contributed by atoms with van der Waals surface area (Å²) >= 11 is 3.25. The zero-order valence-corrected chi connectivity index (χ0v) is 12.6. The highest BCUT2D eigenvalue weighted by Gasteiger charge is 2.29. The van der Waals surface area contributed by atoms with Crippen molar-refractivity contribution in [3.8, 4) is 0 Å². The second-order valence-electron chi connectivity index (χ2n) is 4.96. The largest absolute Gasteiger partial charge is 0.481 e. The van der Waals surface area contributed by atoms with Crippen LogP contribution in [0.15, 0.2) is 16.6 Å². The minimum absolute atomic E-state index is 0.0266. The topological polar surface area (TPSA) is 57.6 Å². The van der Waals surface area contributed by atoms with Crippen LogP contribution in [0.2, 0.25) is 0 Å². The Morgan fingerprint density at radius 1 is 1.35 bits per heavy atom. The highest BCUT2D eigenvalue weighted by molar-refractivity contribution is 9.10. The number of amides is 1. The van der Waals surface area contributed by atoms with Crippen molar-refractivity contribution in [2.45, 2.75) is 19.8 Å². The summed E-state index contributed by atoms with van der Waals surface area (Å²) in [5.41, 5.74) is 0.814. The lowest BCUT2D eigenvalue weighted by Crippen LogP contribution is -2.40. The van der Waals surface area contributed by atoms with Crippen LogP contribution in [0.5, 0.6) is 0 Å². The molecule has 0 saturated carbocycles. The number of hydrogen-bond acceptors (Lipinski definition) is 2. The monoisotopic (exact) mass is 343 g/mol. The first-order valence-electron chi connectivity index (χ1n) is 6.38. The van der Waals surface area contributed by atoms with Gasteiger partial charge in [-0.25, -0.2) is 4.39 Å². The quantitative estimate of drug-likeness (QED) is 0.898. The molecule has 1 amide bonds. The van der Waals surface area contributed by atoms with E-state index in [0.717, 1.165) is 5.56 Å². The smallest absolute Gasteiger partial charge is 0.306 e. The van der Waals surface area contributed by atoms with Crippen molar-refractivity contribution in [1.29, 1.82) is 0 Å². The Labute approximate surface area is 124 Å². The molecule has 1 N–H and O–H groups in total. The number of aliphatic carboxylic acids is 1. The molecule has 1 aromatic carbocycles. The number of halogens is 2. The minimum atomic E-state index is -0.833. The van der Waals surface area contributed by atoms with Crippen LogP contribution < -0.4 is 0 Å². The summed E-state index contributed by atoms with van der Waals surface area (Å²) in [4.78, 5) is 24.8. The molecule has 0 atom stereocenters.